The lowest BCUT2D eigenvalue weighted by molar-refractivity contribution is -0.138. The number of benzene rings is 3. The third-order valence-electron chi connectivity index (χ3n) is 5.31. The quantitative estimate of drug-likeness (QED) is 0.229. The van der Waals surface area contributed by atoms with E-state index in [-0.39, 0.29) is 21.6 Å². The van der Waals surface area contributed by atoms with Crippen LogP contribution in [0.3, 0.4) is 0 Å². The van der Waals surface area contributed by atoms with E-state index in [0.29, 0.717) is 28.1 Å². The van der Waals surface area contributed by atoms with Crippen LogP contribution in [0, 0.1) is 0 Å². The molecule has 4 rings (SSSR count). The second-order valence-electron chi connectivity index (χ2n) is 7.88. The van der Waals surface area contributed by atoms with Crippen LogP contribution >= 0.6 is 15.9 Å². The number of anilines is 2. The number of aromatic nitrogens is 1. The fourth-order valence-electron chi connectivity index (χ4n) is 3.47. The molecule has 0 aliphatic carbocycles. The molecule has 4 aromatic rings. The summed E-state index contributed by atoms with van der Waals surface area (Å²) in [6.07, 6.45) is -4.58. The Morgan fingerprint density at radius 3 is 2.21 bits per heavy atom. The molecule has 12 heteroatoms. The Morgan fingerprint density at radius 2 is 1.55 bits per heavy atom. The summed E-state index contributed by atoms with van der Waals surface area (Å²) in [4.78, 5) is 29.2. The van der Waals surface area contributed by atoms with Gasteiger partial charge < -0.3 is 25.4 Å². The van der Waals surface area contributed by atoms with Crippen LogP contribution in [0.2, 0.25) is 0 Å². The van der Waals surface area contributed by atoms with Crippen LogP contribution in [0.15, 0.2) is 71.2 Å². The van der Waals surface area contributed by atoms with Gasteiger partial charge in [-0.3, -0.25) is 4.79 Å². The number of nitrogens with one attached hydrogen (secondary N) is 3. The van der Waals surface area contributed by atoms with Gasteiger partial charge >= 0.3 is 12.2 Å². The number of urea groups is 1. The van der Waals surface area contributed by atoms with Crippen molar-refractivity contribution in [2.24, 2.45) is 0 Å². The lowest BCUT2D eigenvalue weighted by Crippen LogP contribution is -2.20. The smallest absolute Gasteiger partial charge is 0.417 e. The van der Waals surface area contributed by atoms with Gasteiger partial charge in [0.05, 0.1) is 18.2 Å². The maximum Gasteiger partial charge on any atom is 0.417 e. The van der Waals surface area contributed by atoms with Crippen molar-refractivity contribution in [3.63, 3.8) is 0 Å². The van der Waals surface area contributed by atoms with Gasteiger partial charge in [0.1, 0.15) is 17.1 Å². The number of alkyl halides is 3. The molecule has 0 fully saturated rings. The van der Waals surface area contributed by atoms with Crippen molar-refractivity contribution in [3.8, 4) is 17.4 Å². The molecule has 8 nitrogen and oxygen atoms in total. The summed E-state index contributed by atoms with van der Waals surface area (Å²) in [7, 11) is 3.03. The molecule has 38 heavy (non-hydrogen) atoms. The van der Waals surface area contributed by atoms with Gasteiger partial charge in [0.15, 0.2) is 0 Å². The summed E-state index contributed by atoms with van der Waals surface area (Å²) >= 11 is 2.86. The molecule has 0 saturated carbocycles. The van der Waals surface area contributed by atoms with Crippen molar-refractivity contribution in [1.82, 2.24) is 10.3 Å². The van der Waals surface area contributed by atoms with Gasteiger partial charge in [-0.15, -0.1) is 0 Å². The first-order valence-electron chi connectivity index (χ1n) is 11.0. The second-order valence-corrected chi connectivity index (χ2v) is 8.73. The Kier molecular flexibility index (Phi) is 7.72. The normalized spacial score (nSPS) is 11.1. The van der Waals surface area contributed by atoms with Gasteiger partial charge in [0.2, 0.25) is 5.88 Å². The number of amides is 3. The third-order valence-corrected chi connectivity index (χ3v) is 6.01. The van der Waals surface area contributed by atoms with E-state index in [0.717, 1.165) is 6.07 Å². The summed E-state index contributed by atoms with van der Waals surface area (Å²) in [5.74, 6) is 0.637. The predicted octanol–water partition coefficient (Wildman–Crippen LogP) is 6.82. The summed E-state index contributed by atoms with van der Waals surface area (Å²) < 4.78 is 50.3. The highest BCUT2D eigenvalue weighted by Gasteiger charge is 2.33. The van der Waals surface area contributed by atoms with E-state index >= 15 is 0 Å². The molecule has 1 aromatic heterocycles. The molecular formula is C26H20BrF3N4O4. The molecule has 3 amide bonds. The number of pyridine rings is 1. The maximum absolute atomic E-state index is 13.1. The first kappa shape index (κ1) is 26.7. The second kappa shape index (κ2) is 11.0. The molecule has 196 valence electrons. The zero-order chi connectivity index (χ0) is 27.4. The van der Waals surface area contributed by atoms with Crippen molar-refractivity contribution in [2.45, 2.75) is 6.18 Å². The highest BCUT2D eigenvalue weighted by atomic mass is 79.9. The monoisotopic (exact) mass is 588 g/mol. The predicted molar refractivity (Wildman–Crippen MR) is 140 cm³/mol. The van der Waals surface area contributed by atoms with Crippen molar-refractivity contribution >= 4 is 50.1 Å². The minimum atomic E-state index is -4.58. The average Bonchev–Trinajstić information content (AvgIpc) is 2.89. The third kappa shape index (κ3) is 6.14. The zero-order valence-electron chi connectivity index (χ0n) is 19.9. The zero-order valence-corrected chi connectivity index (χ0v) is 21.5. The molecule has 3 aromatic carbocycles. The van der Waals surface area contributed by atoms with E-state index in [4.69, 9.17) is 9.47 Å². The van der Waals surface area contributed by atoms with Gasteiger partial charge in [0, 0.05) is 28.3 Å². The minimum Gasteiger partial charge on any atom is -0.497 e. The molecule has 0 aliphatic rings. The molecule has 0 radical (unpaired) electrons. The van der Waals surface area contributed by atoms with Crippen LogP contribution in [-0.2, 0) is 6.18 Å². The van der Waals surface area contributed by atoms with E-state index in [1.54, 1.807) is 43.5 Å². The Morgan fingerprint density at radius 1 is 0.895 bits per heavy atom. The fraction of sp³-hybridized carbons (Fsp3) is 0.115. The fourth-order valence-corrected chi connectivity index (χ4v) is 3.94. The number of hydrogen-bond acceptors (Lipinski definition) is 5. The number of methoxy groups -OCH3 is 1. The standard InChI is InChI=1S/C26H20BrF3N4O4/c1-31-23(35)19-12-14-11-18(37-2)8-10-22(14)34-24(19)38-17-6-3-15(4-7-17)32-25(36)33-16-5-9-21(27)20(13-16)26(28,29)30/h3-13H,1-2H3,(H,31,35)(H2,32,33,36). The highest BCUT2D eigenvalue weighted by Crippen LogP contribution is 2.36. The summed E-state index contributed by atoms with van der Waals surface area (Å²) in [5, 5.41) is 8.15. The van der Waals surface area contributed by atoms with Crippen LogP contribution in [0.5, 0.6) is 17.4 Å². The van der Waals surface area contributed by atoms with Crippen molar-refractivity contribution < 1.29 is 32.2 Å². The van der Waals surface area contributed by atoms with E-state index in [2.05, 4.69) is 36.9 Å². The molecule has 0 saturated heterocycles. The number of halogens is 4. The average molecular weight is 589 g/mol. The summed E-state index contributed by atoms with van der Waals surface area (Å²) in [6, 6.07) is 15.7. The van der Waals surface area contributed by atoms with Crippen molar-refractivity contribution in [3.05, 3.63) is 82.3 Å². The highest BCUT2D eigenvalue weighted by molar-refractivity contribution is 9.10. The van der Waals surface area contributed by atoms with E-state index in [9.17, 15) is 22.8 Å². The number of rotatable bonds is 6. The van der Waals surface area contributed by atoms with Gasteiger partial charge in [-0.05, 0) is 66.7 Å². The largest absolute Gasteiger partial charge is 0.497 e. The van der Waals surface area contributed by atoms with Crippen LogP contribution in [0.25, 0.3) is 10.9 Å². The van der Waals surface area contributed by atoms with Gasteiger partial charge in [-0.2, -0.15) is 13.2 Å². The van der Waals surface area contributed by atoms with Gasteiger partial charge in [-0.1, -0.05) is 15.9 Å². The Balaban J connectivity index is 1.49. The van der Waals surface area contributed by atoms with E-state index < -0.39 is 23.7 Å². The first-order chi connectivity index (χ1) is 18.1. The Labute approximate surface area is 223 Å². The van der Waals surface area contributed by atoms with E-state index in [1.165, 1.54) is 31.3 Å². The number of carbonyl (C=O) groups excluding carboxylic acids is 2. The molecule has 0 unspecified atom stereocenters. The van der Waals surface area contributed by atoms with Gasteiger partial charge in [-0.25, -0.2) is 9.78 Å². The summed E-state index contributed by atoms with van der Waals surface area (Å²) in [5.41, 5.74) is 0.217. The molecule has 0 bridgehead atoms. The molecular weight excluding hydrogens is 569 g/mol. The number of nitrogens with zero attached hydrogens (tertiary/aromatic N) is 1. The lowest BCUT2D eigenvalue weighted by atomic mass is 10.1. The minimum absolute atomic E-state index is 0.0280. The molecule has 0 atom stereocenters. The Hall–Kier alpha value is -4.32. The van der Waals surface area contributed by atoms with E-state index in [1.807, 2.05) is 0 Å². The molecule has 0 spiro atoms. The van der Waals surface area contributed by atoms with Crippen LogP contribution in [-0.4, -0.2) is 31.1 Å². The van der Waals surface area contributed by atoms with Crippen LogP contribution in [0.1, 0.15) is 15.9 Å². The number of hydrogen-bond donors (Lipinski definition) is 3. The maximum atomic E-state index is 13.1. The first-order valence-corrected chi connectivity index (χ1v) is 11.8. The van der Waals surface area contributed by atoms with Gasteiger partial charge in [0.25, 0.3) is 5.91 Å². The van der Waals surface area contributed by atoms with Crippen LogP contribution in [0.4, 0.5) is 29.3 Å². The van der Waals surface area contributed by atoms with Crippen molar-refractivity contribution in [2.75, 3.05) is 24.8 Å². The molecule has 0 aliphatic heterocycles. The molecule has 1 heterocycles. The lowest BCUT2D eigenvalue weighted by Gasteiger charge is -2.13. The topological polar surface area (TPSA) is 102 Å². The van der Waals surface area contributed by atoms with Crippen molar-refractivity contribution in [1.29, 1.82) is 0 Å². The number of fused-ring (bicyclic) bond motifs is 1. The SMILES string of the molecule is CNC(=O)c1cc2cc(OC)ccc2nc1Oc1ccc(NC(=O)Nc2ccc(Br)c(C(F)(F)F)c2)cc1. The van der Waals surface area contributed by atoms with Crippen LogP contribution < -0.4 is 25.4 Å². The molecule has 3 N–H and O–H groups in total. The number of carbonyl (C=O) groups is 2. The Bertz CT molecular complexity index is 1510. The number of ether oxygens (including phenoxy) is 2. The summed E-state index contributed by atoms with van der Waals surface area (Å²) in [6.45, 7) is 0.